The highest BCUT2D eigenvalue weighted by atomic mass is 79.9. The Labute approximate surface area is 130 Å². The Kier molecular flexibility index (Phi) is 7.00. The minimum Gasteiger partial charge on any atom is -0.395 e. The van der Waals surface area contributed by atoms with Crippen molar-refractivity contribution in [2.45, 2.75) is 38.3 Å². The third-order valence-corrected chi connectivity index (χ3v) is 4.47. The normalized spacial score (nSPS) is 19.6. The number of aliphatic hydroxyl groups is 1. The van der Waals surface area contributed by atoms with Crippen molar-refractivity contribution < 1.29 is 5.11 Å². The molecule has 0 saturated carbocycles. The van der Waals surface area contributed by atoms with Gasteiger partial charge >= 0.3 is 0 Å². The number of benzene rings is 1. The third-order valence-electron chi connectivity index (χ3n) is 3.98. The molecule has 1 heterocycles. The second-order valence-corrected chi connectivity index (χ2v) is 6.44. The van der Waals surface area contributed by atoms with Gasteiger partial charge in [0.05, 0.1) is 6.61 Å². The van der Waals surface area contributed by atoms with Crippen LogP contribution in [-0.2, 0) is 6.54 Å². The van der Waals surface area contributed by atoms with Crippen molar-refractivity contribution >= 4 is 15.9 Å². The lowest BCUT2D eigenvalue weighted by Crippen LogP contribution is -2.33. The highest BCUT2D eigenvalue weighted by molar-refractivity contribution is 9.10. The van der Waals surface area contributed by atoms with E-state index >= 15 is 0 Å². The zero-order chi connectivity index (χ0) is 14.2. The first-order valence-corrected chi connectivity index (χ1v) is 8.39. The van der Waals surface area contributed by atoms with Crippen molar-refractivity contribution in [3.63, 3.8) is 0 Å². The number of hydrogen-bond acceptors (Lipinski definition) is 3. The first-order valence-electron chi connectivity index (χ1n) is 7.59. The molecule has 4 heteroatoms. The van der Waals surface area contributed by atoms with E-state index in [9.17, 15) is 5.11 Å². The van der Waals surface area contributed by atoms with Crippen LogP contribution in [0.5, 0.6) is 0 Å². The Balaban J connectivity index is 1.53. The van der Waals surface area contributed by atoms with E-state index in [1.54, 1.807) is 0 Å². The molecule has 1 fully saturated rings. The Morgan fingerprint density at radius 1 is 1.35 bits per heavy atom. The first-order chi connectivity index (χ1) is 9.79. The minimum absolute atomic E-state index is 0.321. The number of nitrogens with zero attached hydrogens (tertiary/aromatic N) is 1. The number of unbranched alkanes of at least 4 members (excludes halogenated alkanes) is 1. The van der Waals surface area contributed by atoms with Gasteiger partial charge in [-0.15, -0.1) is 0 Å². The second-order valence-electron chi connectivity index (χ2n) is 5.53. The van der Waals surface area contributed by atoms with Gasteiger partial charge in [0, 0.05) is 17.1 Å². The van der Waals surface area contributed by atoms with Gasteiger partial charge in [-0.3, -0.25) is 4.90 Å². The van der Waals surface area contributed by atoms with Crippen LogP contribution in [0.4, 0.5) is 0 Å². The molecule has 1 saturated heterocycles. The van der Waals surface area contributed by atoms with Gasteiger partial charge in [-0.2, -0.15) is 0 Å². The van der Waals surface area contributed by atoms with Crippen LogP contribution in [0.15, 0.2) is 28.7 Å². The Morgan fingerprint density at radius 2 is 2.25 bits per heavy atom. The molecule has 1 atom stereocenters. The van der Waals surface area contributed by atoms with Gasteiger partial charge < -0.3 is 10.4 Å². The molecule has 1 aromatic rings. The number of rotatable bonds is 8. The maximum Gasteiger partial charge on any atom is 0.0586 e. The van der Waals surface area contributed by atoms with Gasteiger partial charge in [0.25, 0.3) is 0 Å². The van der Waals surface area contributed by atoms with Crippen LogP contribution >= 0.6 is 15.9 Å². The van der Waals surface area contributed by atoms with Gasteiger partial charge in [-0.25, -0.2) is 0 Å². The molecule has 1 aromatic carbocycles. The Hall–Kier alpha value is -0.420. The fraction of sp³-hybridized carbons (Fsp3) is 0.625. The molecular weight excluding hydrogens is 316 g/mol. The molecule has 1 unspecified atom stereocenters. The summed E-state index contributed by atoms with van der Waals surface area (Å²) in [6.07, 6.45) is 4.81. The van der Waals surface area contributed by atoms with E-state index < -0.39 is 0 Å². The van der Waals surface area contributed by atoms with Crippen LogP contribution in [0, 0.1) is 0 Å². The van der Waals surface area contributed by atoms with Gasteiger partial charge in [0.1, 0.15) is 0 Å². The largest absolute Gasteiger partial charge is 0.395 e. The summed E-state index contributed by atoms with van der Waals surface area (Å²) in [5.74, 6) is 0. The number of nitrogens with one attached hydrogen (secondary N) is 1. The standard InChI is InChI=1S/C16H25BrN2O/c17-15-6-3-5-14(11-15)12-18-8-1-2-9-19-10-4-7-16(19)13-20/h3,5-6,11,16,18,20H,1-2,4,7-10,12-13H2. The molecular formula is C16H25BrN2O. The summed E-state index contributed by atoms with van der Waals surface area (Å²) >= 11 is 3.49. The molecule has 2 rings (SSSR count). The molecule has 1 aliphatic rings. The summed E-state index contributed by atoms with van der Waals surface area (Å²) in [6, 6.07) is 8.85. The van der Waals surface area contributed by atoms with Crippen molar-refractivity contribution in [1.82, 2.24) is 10.2 Å². The monoisotopic (exact) mass is 340 g/mol. The van der Waals surface area contributed by atoms with E-state index in [2.05, 4.69) is 50.4 Å². The van der Waals surface area contributed by atoms with Crippen molar-refractivity contribution in [3.8, 4) is 0 Å². The maximum absolute atomic E-state index is 9.27. The van der Waals surface area contributed by atoms with Crippen molar-refractivity contribution in [2.75, 3.05) is 26.2 Å². The lowest BCUT2D eigenvalue weighted by Gasteiger charge is -2.22. The average molecular weight is 341 g/mol. The molecule has 0 radical (unpaired) electrons. The molecule has 0 aromatic heterocycles. The lowest BCUT2D eigenvalue weighted by molar-refractivity contribution is 0.157. The van der Waals surface area contributed by atoms with Crippen LogP contribution in [0.2, 0.25) is 0 Å². The third kappa shape index (κ3) is 5.17. The molecule has 0 aliphatic carbocycles. The van der Waals surface area contributed by atoms with Crippen molar-refractivity contribution in [1.29, 1.82) is 0 Å². The number of likely N-dealkylation sites (tertiary alicyclic amines) is 1. The number of aliphatic hydroxyl groups excluding tert-OH is 1. The van der Waals surface area contributed by atoms with Crippen molar-refractivity contribution in [3.05, 3.63) is 34.3 Å². The molecule has 2 N–H and O–H groups in total. The van der Waals surface area contributed by atoms with E-state index in [1.807, 2.05) is 0 Å². The summed E-state index contributed by atoms with van der Waals surface area (Å²) < 4.78 is 1.14. The highest BCUT2D eigenvalue weighted by Gasteiger charge is 2.22. The summed E-state index contributed by atoms with van der Waals surface area (Å²) in [6.45, 7) is 4.61. The van der Waals surface area contributed by atoms with Gasteiger partial charge in [0.2, 0.25) is 0 Å². The summed E-state index contributed by atoms with van der Waals surface area (Å²) in [5.41, 5.74) is 1.32. The van der Waals surface area contributed by atoms with E-state index in [0.717, 1.165) is 37.1 Å². The van der Waals surface area contributed by atoms with Gasteiger partial charge in [-0.05, 0) is 63.0 Å². The van der Waals surface area contributed by atoms with Gasteiger partial charge in [0.15, 0.2) is 0 Å². The summed E-state index contributed by atoms with van der Waals surface area (Å²) in [5, 5.41) is 12.8. The lowest BCUT2D eigenvalue weighted by atomic mass is 10.2. The van der Waals surface area contributed by atoms with Crippen LogP contribution in [0.3, 0.4) is 0 Å². The van der Waals surface area contributed by atoms with Crippen LogP contribution in [-0.4, -0.2) is 42.3 Å². The zero-order valence-corrected chi connectivity index (χ0v) is 13.6. The zero-order valence-electron chi connectivity index (χ0n) is 12.0. The first kappa shape index (κ1) is 16.0. The molecule has 0 spiro atoms. The maximum atomic E-state index is 9.27. The molecule has 1 aliphatic heterocycles. The fourth-order valence-electron chi connectivity index (χ4n) is 2.84. The molecule has 112 valence electrons. The molecule has 20 heavy (non-hydrogen) atoms. The van der Waals surface area contributed by atoms with E-state index in [-0.39, 0.29) is 0 Å². The highest BCUT2D eigenvalue weighted by Crippen LogP contribution is 2.16. The summed E-state index contributed by atoms with van der Waals surface area (Å²) in [7, 11) is 0. The van der Waals surface area contributed by atoms with Crippen molar-refractivity contribution in [2.24, 2.45) is 0 Å². The fourth-order valence-corrected chi connectivity index (χ4v) is 3.29. The topological polar surface area (TPSA) is 35.5 Å². The van der Waals surface area contributed by atoms with E-state index in [0.29, 0.717) is 12.6 Å². The molecule has 3 nitrogen and oxygen atoms in total. The number of hydrogen-bond donors (Lipinski definition) is 2. The van der Waals surface area contributed by atoms with Crippen LogP contribution in [0.1, 0.15) is 31.2 Å². The second kappa shape index (κ2) is 8.78. The van der Waals surface area contributed by atoms with E-state index in [1.165, 1.54) is 24.8 Å². The smallest absolute Gasteiger partial charge is 0.0586 e. The SMILES string of the molecule is OCC1CCCN1CCCCNCc1cccc(Br)c1. The van der Waals surface area contributed by atoms with Gasteiger partial charge in [-0.1, -0.05) is 28.1 Å². The van der Waals surface area contributed by atoms with Crippen LogP contribution < -0.4 is 5.32 Å². The predicted molar refractivity (Wildman–Crippen MR) is 86.8 cm³/mol. The quantitative estimate of drug-likeness (QED) is 0.714. The molecule has 0 amide bonds. The summed E-state index contributed by atoms with van der Waals surface area (Å²) in [4.78, 5) is 2.44. The predicted octanol–water partition coefficient (Wildman–Crippen LogP) is 2.78. The number of halogens is 1. The minimum atomic E-state index is 0.321. The Bertz CT molecular complexity index is 400. The average Bonchev–Trinajstić information content (AvgIpc) is 2.90. The molecule has 0 bridgehead atoms. The Morgan fingerprint density at radius 3 is 3.05 bits per heavy atom. The van der Waals surface area contributed by atoms with E-state index in [4.69, 9.17) is 0 Å². The van der Waals surface area contributed by atoms with Crippen LogP contribution in [0.25, 0.3) is 0 Å².